The Kier molecular flexibility index (Phi) is 5.84. The lowest BCUT2D eigenvalue weighted by atomic mass is 9.93. The second-order valence-corrected chi connectivity index (χ2v) is 8.11. The van der Waals surface area contributed by atoms with Crippen LogP contribution in [0.1, 0.15) is 36.1 Å². The second kappa shape index (κ2) is 8.61. The molecular weight excluding hydrogens is 428 g/mol. The Morgan fingerprint density at radius 1 is 1.09 bits per heavy atom. The number of nitrogens with one attached hydrogen (secondary N) is 1. The van der Waals surface area contributed by atoms with Crippen LogP contribution in [0.25, 0.3) is 11.1 Å². The minimum Gasteiger partial charge on any atom is -0.325 e. The van der Waals surface area contributed by atoms with E-state index in [0.717, 1.165) is 5.56 Å². The normalized spacial score (nSPS) is 15.2. The van der Waals surface area contributed by atoms with E-state index < -0.39 is 18.3 Å². The van der Waals surface area contributed by atoms with Gasteiger partial charge in [-0.15, -0.1) is 0 Å². The number of aryl methyl sites for hydroxylation is 1. The van der Waals surface area contributed by atoms with Gasteiger partial charge in [0.05, 0.1) is 17.2 Å². The van der Waals surface area contributed by atoms with Crippen molar-refractivity contribution < 1.29 is 18.4 Å². The summed E-state index contributed by atoms with van der Waals surface area (Å²) in [7, 11) is 1.66. The highest BCUT2D eigenvalue weighted by molar-refractivity contribution is 6.09. The molecule has 0 bridgehead atoms. The van der Waals surface area contributed by atoms with Crippen molar-refractivity contribution in [1.82, 2.24) is 4.57 Å². The SMILES string of the molecule is Cc1cc2c(c(=O)n1C)-c1ccccc1C(C)C(=O)N2CC(=O)Nc1ccc(C(F)F)cc1. The molecule has 0 fully saturated rings. The largest absolute Gasteiger partial charge is 0.325 e. The highest BCUT2D eigenvalue weighted by Crippen LogP contribution is 2.39. The lowest BCUT2D eigenvalue weighted by molar-refractivity contribution is -0.122. The van der Waals surface area contributed by atoms with Crippen molar-refractivity contribution in [2.45, 2.75) is 26.2 Å². The standard InChI is InChI=1S/C25H23F2N3O3/c1-14-12-20-22(25(33)29(14)3)19-7-5-4-6-18(19)15(2)24(32)30(20)13-21(31)28-17-10-8-16(9-11-17)23(26)27/h4-12,15,23H,13H2,1-3H3,(H,28,31). The Morgan fingerprint density at radius 2 is 1.76 bits per heavy atom. The van der Waals surface area contributed by atoms with E-state index >= 15 is 0 Å². The van der Waals surface area contributed by atoms with Crippen LogP contribution in [0.2, 0.25) is 0 Å². The molecule has 170 valence electrons. The molecule has 0 spiro atoms. The minimum absolute atomic E-state index is 0.150. The molecule has 1 N–H and O–H groups in total. The highest BCUT2D eigenvalue weighted by atomic mass is 19.3. The number of alkyl halides is 2. The van der Waals surface area contributed by atoms with Gasteiger partial charge in [-0.2, -0.15) is 0 Å². The maximum Gasteiger partial charge on any atom is 0.263 e. The number of rotatable bonds is 4. The summed E-state index contributed by atoms with van der Waals surface area (Å²) in [5.41, 5.74) is 2.70. The van der Waals surface area contributed by atoms with E-state index in [4.69, 9.17) is 0 Å². The van der Waals surface area contributed by atoms with E-state index in [1.165, 1.54) is 33.7 Å². The summed E-state index contributed by atoms with van der Waals surface area (Å²) in [6.07, 6.45) is -2.60. The Morgan fingerprint density at radius 3 is 2.42 bits per heavy atom. The van der Waals surface area contributed by atoms with Gasteiger partial charge in [-0.05, 0) is 43.2 Å². The zero-order chi connectivity index (χ0) is 23.9. The molecule has 2 aromatic carbocycles. The van der Waals surface area contributed by atoms with Crippen LogP contribution in [0, 0.1) is 6.92 Å². The van der Waals surface area contributed by atoms with Crippen molar-refractivity contribution in [3.63, 3.8) is 0 Å². The fourth-order valence-electron chi connectivity index (χ4n) is 4.08. The minimum atomic E-state index is -2.60. The number of amides is 2. The van der Waals surface area contributed by atoms with Crippen LogP contribution in [-0.4, -0.2) is 22.9 Å². The molecular formula is C25H23F2N3O3. The molecule has 1 aliphatic rings. The third kappa shape index (κ3) is 4.04. The number of anilines is 2. The summed E-state index contributed by atoms with van der Waals surface area (Å²) in [6, 6.07) is 14.2. The maximum absolute atomic E-state index is 13.4. The monoisotopic (exact) mass is 451 g/mol. The molecule has 0 saturated carbocycles. The number of fused-ring (bicyclic) bond motifs is 3. The number of aromatic nitrogens is 1. The first-order valence-electron chi connectivity index (χ1n) is 10.5. The summed E-state index contributed by atoms with van der Waals surface area (Å²) in [5, 5.41) is 2.64. The highest BCUT2D eigenvalue weighted by Gasteiger charge is 2.34. The van der Waals surface area contributed by atoms with Crippen LogP contribution in [-0.2, 0) is 16.6 Å². The van der Waals surface area contributed by atoms with Crippen LogP contribution in [0.15, 0.2) is 59.4 Å². The number of benzene rings is 2. The van der Waals surface area contributed by atoms with Gasteiger partial charge in [0.15, 0.2) is 0 Å². The van der Waals surface area contributed by atoms with E-state index in [1.807, 2.05) is 24.3 Å². The van der Waals surface area contributed by atoms with Crippen LogP contribution < -0.4 is 15.8 Å². The molecule has 33 heavy (non-hydrogen) atoms. The molecule has 0 saturated heterocycles. The van der Waals surface area contributed by atoms with Gasteiger partial charge in [0.25, 0.3) is 12.0 Å². The van der Waals surface area contributed by atoms with Gasteiger partial charge in [0.2, 0.25) is 11.8 Å². The van der Waals surface area contributed by atoms with Gasteiger partial charge in [-0.25, -0.2) is 8.78 Å². The van der Waals surface area contributed by atoms with Gasteiger partial charge in [-0.1, -0.05) is 36.4 Å². The molecule has 0 radical (unpaired) electrons. The Bertz CT molecular complexity index is 1300. The van der Waals surface area contributed by atoms with E-state index in [-0.39, 0.29) is 23.6 Å². The maximum atomic E-state index is 13.4. The lowest BCUT2D eigenvalue weighted by Gasteiger charge is -2.25. The first kappa shape index (κ1) is 22.4. The molecule has 1 aromatic heterocycles. The molecule has 4 rings (SSSR count). The van der Waals surface area contributed by atoms with Gasteiger partial charge in [0.1, 0.15) is 6.54 Å². The van der Waals surface area contributed by atoms with E-state index in [1.54, 1.807) is 27.0 Å². The van der Waals surface area contributed by atoms with Crippen LogP contribution in [0.3, 0.4) is 0 Å². The van der Waals surface area contributed by atoms with E-state index in [0.29, 0.717) is 28.2 Å². The van der Waals surface area contributed by atoms with Crippen molar-refractivity contribution in [2.75, 3.05) is 16.8 Å². The summed E-state index contributed by atoms with van der Waals surface area (Å²) >= 11 is 0. The average molecular weight is 451 g/mol. The van der Waals surface area contributed by atoms with Crippen molar-refractivity contribution in [3.8, 4) is 11.1 Å². The van der Waals surface area contributed by atoms with Gasteiger partial charge >= 0.3 is 0 Å². The third-order valence-electron chi connectivity index (χ3n) is 6.02. The van der Waals surface area contributed by atoms with E-state index in [2.05, 4.69) is 5.32 Å². The number of carbonyl (C=O) groups excluding carboxylic acids is 2. The number of pyridine rings is 1. The average Bonchev–Trinajstić information content (AvgIpc) is 2.87. The van der Waals surface area contributed by atoms with Gasteiger partial charge < -0.3 is 14.8 Å². The number of nitrogens with zero attached hydrogens (tertiary/aromatic N) is 2. The summed E-state index contributed by atoms with van der Waals surface area (Å²) in [5.74, 6) is -1.38. The van der Waals surface area contributed by atoms with Crippen molar-refractivity contribution in [1.29, 1.82) is 0 Å². The summed E-state index contributed by atoms with van der Waals surface area (Å²) in [4.78, 5) is 40.9. The fraction of sp³-hybridized carbons (Fsp3) is 0.240. The number of halogens is 2. The van der Waals surface area contributed by atoms with Gasteiger partial charge in [-0.3, -0.25) is 14.4 Å². The zero-order valence-corrected chi connectivity index (χ0v) is 18.4. The van der Waals surface area contributed by atoms with E-state index in [9.17, 15) is 23.2 Å². The molecule has 2 amide bonds. The third-order valence-corrected chi connectivity index (χ3v) is 6.02. The lowest BCUT2D eigenvalue weighted by Crippen LogP contribution is -2.40. The zero-order valence-electron chi connectivity index (χ0n) is 18.4. The van der Waals surface area contributed by atoms with Crippen molar-refractivity contribution in [3.05, 3.63) is 81.8 Å². The van der Waals surface area contributed by atoms with Crippen LogP contribution in [0.5, 0.6) is 0 Å². The van der Waals surface area contributed by atoms with Crippen molar-refractivity contribution >= 4 is 23.2 Å². The first-order valence-corrected chi connectivity index (χ1v) is 10.5. The van der Waals surface area contributed by atoms with Crippen LogP contribution >= 0.6 is 0 Å². The Labute approximate surface area is 189 Å². The molecule has 1 aliphatic heterocycles. The second-order valence-electron chi connectivity index (χ2n) is 8.11. The number of hydrogen-bond acceptors (Lipinski definition) is 3. The molecule has 1 atom stereocenters. The number of carbonyl (C=O) groups is 2. The molecule has 1 unspecified atom stereocenters. The Balaban J connectivity index is 1.74. The molecule has 3 aromatic rings. The topological polar surface area (TPSA) is 71.4 Å². The predicted molar refractivity (Wildman–Crippen MR) is 123 cm³/mol. The quantitative estimate of drug-likeness (QED) is 0.640. The first-order chi connectivity index (χ1) is 15.7. The predicted octanol–water partition coefficient (Wildman–Crippen LogP) is 4.39. The summed E-state index contributed by atoms with van der Waals surface area (Å²) < 4.78 is 27.1. The Hall–Kier alpha value is -3.81. The molecule has 2 heterocycles. The fourth-order valence-corrected chi connectivity index (χ4v) is 4.08. The molecule has 0 aliphatic carbocycles. The van der Waals surface area contributed by atoms with Gasteiger partial charge in [0, 0.05) is 24.0 Å². The summed E-state index contributed by atoms with van der Waals surface area (Å²) in [6.45, 7) is 3.18. The molecule has 6 nitrogen and oxygen atoms in total. The smallest absolute Gasteiger partial charge is 0.263 e. The molecule has 8 heteroatoms. The van der Waals surface area contributed by atoms with Crippen LogP contribution in [0.4, 0.5) is 20.2 Å². The van der Waals surface area contributed by atoms with Crippen molar-refractivity contribution in [2.24, 2.45) is 7.05 Å². The number of hydrogen-bond donors (Lipinski definition) is 1.